The summed E-state index contributed by atoms with van der Waals surface area (Å²) in [6.45, 7) is 1.94. The number of carbonyl (C=O) groups is 1. The van der Waals surface area contributed by atoms with Crippen molar-refractivity contribution in [2.45, 2.75) is 24.2 Å². The van der Waals surface area contributed by atoms with E-state index in [1.54, 1.807) is 28.6 Å². The molecule has 8 heteroatoms. The van der Waals surface area contributed by atoms with E-state index < -0.39 is 0 Å². The van der Waals surface area contributed by atoms with E-state index in [0.29, 0.717) is 23.2 Å². The predicted octanol–water partition coefficient (Wildman–Crippen LogP) is 3.82. The molecule has 1 atom stereocenters. The summed E-state index contributed by atoms with van der Waals surface area (Å²) >= 11 is 7.52. The van der Waals surface area contributed by atoms with E-state index >= 15 is 0 Å². The number of rotatable bonds is 3. The van der Waals surface area contributed by atoms with Gasteiger partial charge in [0.1, 0.15) is 5.82 Å². The number of halogens is 1. The maximum Gasteiger partial charge on any atom is 0.226 e. The van der Waals surface area contributed by atoms with Crippen LogP contribution in [0.4, 0.5) is 5.82 Å². The highest BCUT2D eigenvalue weighted by Crippen LogP contribution is 2.40. The average Bonchev–Trinajstić information content (AvgIpc) is 2.98. The van der Waals surface area contributed by atoms with E-state index in [4.69, 9.17) is 11.6 Å². The third-order valence-corrected chi connectivity index (χ3v) is 5.40. The molecule has 0 saturated carbocycles. The van der Waals surface area contributed by atoms with Gasteiger partial charge in [-0.2, -0.15) is 9.78 Å². The van der Waals surface area contributed by atoms with Gasteiger partial charge in [-0.15, -0.1) is 22.0 Å². The fraction of sp³-hybridized carbons (Fsp3) is 0.222. The van der Waals surface area contributed by atoms with Crippen LogP contribution < -0.4 is 5.32 Å². The summed E-state index contributed by atoms with van der Waals surface area (Å²) in [4.78, 5) is 13.6. The van der Waals surface area contributed by atoms with Gasteiger partial charge in [-0.3, -0.25) is 4.79 Å². The summed E-state index contributed by atoms with van der Waals surface area (Å²) < 4.78 is 1.62. The van der Waals surface area contributed by atoms with Gasteiger partial charge in [-0.05, 0) is 43.0 Å². The molecule has 4 rings (SSSR count). The van der Waals surface area contributed by atoms with E-state index in [2.05, 4.69) is 44.9 Å². The van der Waals surface area contributed by atoms with Crippen molar-refractivity contribution in [3.05, 3.63) is 58.4 Å². The summed E-state index contributed by atoms with van der Waals surface area (Å²) in [5.74, 6) is 1.08. The molecule has 1 aliphatic rings. The first-order chi connectivity index (χ1) is 12.6. The summed E-state index contributed by atoms with van der Waals surface area (Å²) in [7, 11) is 0. The molecule has 1 aliphatic heterocycles. The van der Waals surface area contributed by atoms with Crippen molar-refractivity contribution in [1.82, 2.24) is 20.0 Å². The highest BCUT2D eigenvalue weighted by atomic mass is 35.5. The molecule has 0 fully saturated rings. The minimum atomic E-state index is -0.0421. The molecule has 132 valence electrons. The van der Waals surface area contributed by atoms with Gasteiger partial charge in [0.05, 0.1) is 5.69 Å². The Labute approximate surface area is 160 Å². The van der Waals surface area contributed by atoms with Crippen molar-refractivity contribution in [2.24, 2.45) is 0 Å². The Morgan fingerprint density at radius 1 is 1.19 bits per heavy atom. The molecular weight excluding hydrogens is 370 g/mol. The second-order valence-electron chi connectivity index (χ2n) is 6.05. The number of hydrogen-bond donors (Lipinski definition) is 1. The van der Waals surface area contributed by atoms with Gasteiger partial charge in [0.15, 0.2) is 11.0 Å². The standard InChI is InChI=1S/C18H16ClN5OS/c1-10-17-13(11-3-5-12(26-2)6-4-11)9-16(25)20-18(17)24(23-10)15-8-7-14(19)21-22-15/h3-8,13H,9H2,1-2H3,(H,20,25). The zero-order valence-electron chi connectivity index (χ0n) is 14.2. The van der Waals surface area contributed by atoms with Crippen LogP contribution in [0.2, 0.25) is 5.15 Å². The lowest BCUT2D eigenvalue weighted by Crippen LogP contribution is -2.25. The van der Waals surface area contributed by atoms with E-state index in [9.17, 15) is 4.79 Å². The summed E-state index contributed by atoms with van der Waals surface area (Å²) in [5, 5.41) is 15.8. The number of hydrogen-bond acceptors (Lipinski definition) is 5. The first-order valence-corrected chi connectivity index (χ1v) is 9.70. The lowest BCUT2D eigenvalue weighted by molar-refractivity contribution is -0.116. The molecule has 2 aromatic heterocycles. The lowest BCUT2D eigenvalue weighted by atomic mass is 9.86. The Kier molecular flexibility index (Phi) is 4.42. The van der Waals surface area contributed by atoms with Crippen molar-refractivity contribution in [1.29, 1.82) is 0 Å². The van der Waals surface area contributed by atoms with Gasteiger partial charge in [0, 0.05) is 22.8 Å². The maximum absolute atomic E-state index is 12.4. The minimum absolute atomic E-state index is 0.0383. The Balaban J connectivity index is 1.82. The van der Waals surface area contributed by atoms with Gasteiger partial charge in [-0.25, -0.2) is 0 Å². The van der Waals surface area contributed by atoms with Crippen molar-refractivity contribution < 1.29 is 4.79 Å². The Hall–Kier alpha value is -2.38. The number of amides is 1. The minimum Gasteiger partial charge on any atom is -0.310 e. The topological polar surface area (TPSA) is 72.7 Å². The summed E-state index contributed by atoms with van der Waals surface area (Å²) in [5.41, 5.74) is 2.97. The summed E-state index contributed by atoms with van der Waals surface area (Å²) in [6.07, 6.45) is 2.44. The second-order valence-corrected chi connectivity index (χ2v) is 7.32. The van der Waals surface area contributed by atoms with Gasteiger partial charge >= 0.3 is 0 Å². The highest BCUT2D eigenvalue weighted by Gasteiger charge is 2.32. The van der Waals surface area contributed by atoms with Gasteiger partial charge in [0.2, 0.25) is 5.91 Å². The third-order valence-electron chi connectivity index (χ3n) is 4.46. The zero-order chi connectivity index (χ0) is 18.3. The van der Waals surface area contributed by atoms with Crippen LogP contribution in [0.5, 0.6) is 0 Å². The maximum atomic E-state index is 12.4. The Bertz CT molecular complexity index is 968. The normalized spacial score (nSPS) is 16.3. The van der Waals surface area contributed by atoms with Crippen LogP contribution in [0.15, 0.2) is 41.3 Å². The number of anilines is 1. The zero-order valence-corrected chi connectivity index (χ0v) is 15.8. The number of carbonyl (C=O) groups excluding carboxylic acids is 1. The second kappa shape index (κ2) is 6.74. The van der Waals surface area contributed by atoms with E-state index in [-0.39, 0.29) is 11.8 Å². The molecule has 6 nitrogen and oxygen atoms in total. The van der Waals surface area contributed by atoms with Gasteiger partial charge in [0.25, 0.3) is 0 Å². The molecule has 0 spiro atoms. The molecule has 26 heavy (non-hydrogen) atoms. The number of thioether (sulfide) groups is 1. The molecule has 1 unspecified atom stereocenters. The Morgan fingerprint density at radius 2 is 1.96 bits per heavy atom. The molecule has 0 aliphatic carbocycles. The van der Waals surface area contributed by atoms with E-state index in [1.165, 1.54) is 4.90 Å². The molecule has 1 amide bonds. The number of benzene rings is 1. The van der Waals surface area contributed by atoms with Crippen LogP contribution >= 0.6 is 23.4 Å². The predicted molar refractivity (Wildman–Crippen MR) is 102 cm³/mol. The van der Waals surface area contributed by atoms with Crippen molar-refractivity contribution in [3.8, 4) is 5.82 Å². The van der Waals surface area contributed by atoms with Crippen molar-refractivity contribution in [2.75, 3.05) is 11.6 Å². The van der Waals surface area contributed by atoms with Crippen LogP contribution in [0.1, 0.15) is 29.2 Å². The molecular formula is C18H16ClN5OS. The molecule has 0 bridgehead atoms. The lowest BCUT2D eigenvalue weighted by Gasteiger charge is -2.24. The van der Waals surface area contributed by atoms with Crippen LogP contribution in [0.25, 0.3) is 5.82 Å². The fourth-order valence-electron chi connectivity index (χ4n) is 3.26. The number of nitrogens with zero attached hydrogens (tertiary/aromatic N) is 4. The molecule has 1 N–H and O–H groups in total. The van der Waals surface area contributed by atoms with Crippen molar-refractivity contribution >= 4 is 35.1 Å². The third kappa shape index (κ3) is 2.97. The average molecular weight is 386 g/mol. The van der Waals surface area contributed by atoms with Crippen LogP contribution in [0, 0.1) is 6.92 Å². The highest BCUT2D eigenvalue weighted by molar-refractivity contribution is 7.98. The molecule has 0 saturated heterocycles. The largest absolute Gasteiger partial charge is 0.310 e. The van der Waals surface area contributed by atoms with Crippen LogP contribution in [-0.2, 0) is 4.79 Å². The number of aryl methyl sites for hydroxylation is 1. The SMILES string of the molecule is CSc1ccc(C2CC(=O)Nc3c2c(C)nn3-c2ccc(Cl)nn2)cc1. The smallest absolute Gasteiger partial charge is 0.226 e. The monoisotopic (exact) mass is 385 g/mol. The van der Waals surface area contributed by atoms with E-state index in [0.717, 1.165) is 16.8 Å². The number of nitrogens with one attached hydrogen (secondary N) is 1. The number of aromatic nitrogens is 4. The van der Waals surface area contributed by atoms with Crippen LogP contribution in [0.3, 0.4) is 0 Å². The van der Waals surface area contributed by atoms with Crippen molar-refractivity contribution in [3.63, 3.8) is 0 Å². The molecule has 3 heterocycles. The Morgan fingerprint density at radius 3 is 2.62 bits per heavy atom. The van der Waals surface area contributed by atoms with Gasteiger partial charge in [-0.1, -0.05) is 23.7 Å². The van der Waals surface area contributed by atoms with E-state index in [1.807, 2.05) is 13.2 Å². The first-order valence-electron chi connectivity index (χ1n) is 8.09. The number of fused-ring (bicyclic) bond motifs is 1. The van der Waals surface area contributed by atoms with Gasteiger partial charge < -0.3 is 5.32 Å². The van der Waals surface area contributed by atoms with Crippen LogP contribution in [-0.4, -0.2) is 32.1 Å². The molecule has 3 aromatic rings. The quantitative estimate of drug-likeness (QED) is 0.694. The molecule has 0 radical (unpaired) electrons. The summed E-state index contributed by atoms with van der Waals surface area (Å²) in [6, 6.07) is 11.7. The first kappa shape index (κ1) is 17.1. The molecule has 1 aromatic carbocycles. The fourth-order valence-corrected chi connectivity index (χ4v) is 3.76.